The zero-order valence-electron chi connectivity index (χ0n) is 11.9. The van der Waals surface area contributed by atoms with Gasteiger partial charge in [0.1, 0.15) is 11.5 Å². The normalized spacial score (nSPS) is 10.3. The first-order valence-electron chi connectivity index (χ1n) is 6.45. The molecule has 1 aromatic rings. The Morgan fingerprint density at radius 1 is 1.35 bits per heavy atom. The van der Waals surface area contributed by atoms with Gasteiger partial charge in [-0.2, -0.15) is 11.8 Å². The summed E-state index contributed by atoms with van der Waals surface area (Å²) in [5, 5.41) is 0. The zero-order chi connectivity index (χ0) is 14.8. The summed E-state index contributed by atoms with van der Waals surface area (Å²) in [5.41, 5.74) is 5.68. The largest absolute Gasteiger partial charge is 0.493 e. The fourth-order valence-electron chi connectivity index (χ4n) is 1.53. The maximum atomic E-state index is 11.4. The minimum Gasteiger partial charge on any atom is -0.493 e. The van der Waals surface area contributed by atoms with E-state index in [1.165, 1.54) is 7.11 Å². The van der Waals surface area contributed by atoms with E-state index < -0.39 is 5.91 Å². The lowest BCUT2D eigenvalue weighted by molar-refractivity contribution is 0.0509. The van der Waals surface area contributed by atoms with E-state index in [1.54, 1.807) is 18.2 Å². The van der Waals surface area contributed by atoms with E-state index in [9.17, 15) is 4.79 Å². The lowest BCUT2D eigenvalue weighted by Crippen LogP contribution is -2.14. The van der Waals surface area contributed by atoms with Gasteiger partial charge >= 0.3 is 0 Å². The maximum absolute atomic E-state index is 11.4. The number of thioether (sulfide) groups is 1. The average molecular weight is 299 g/mol. The molecule has 0 fully saturated rings. The van der Waals surface area contributed by atoms with Gasteiger partial charge in [0.05, 0.1) is 12.2 Å². The first kappa shape index (κ1) is 16.7. The third-order valence-corrected chi connectivity index (χ3v) is 3.44. The van der Waals surface area contributed by atoms with Crippen LogP contribution in [0.5, 0.6) is 11.5 Å². The summed E-state index contributed by atoms with van der Waals surface area (Å²) < 4.78 is 15.7. The highest BCUT2D eigenvalue weighted by molar-refractivity contribution is 7.99. The number of hydrogen-bond donors (Lipinski definition) is 1. The molecule has 2 N–H and O–H groups in total. The Labute approximate surface area is 123 Å². The van der Waals surface area contributed by atoms with Crippen LogP contribution in [-0.4, -0.2) is 37.9 Å². The van der Waals surface area contributed by atoms with Gasteiger partial charge in [-0.05, 0) is 36.1 Å². The second-order valence-electron chi connectivity index (χ2n) is 3.97. The molecule has 112 valence electrons. The van der Waals surface area contributed by atoms with Gasteiger partial charge in [-0.15, -0.1) is 0 Å². The standard InChI is InChI=1S/C14H21NO4S/c1-3-20-8-4-7-18-13-6-5-11(19-10-17-2)9-12(13)14(15)16/h5-6,9H,3-4,7-8,10H2,1-2H3,(H2,15,16). The van der Waals surface area contributed by atoms with E-state index in [4.69, 9.17) is 19.9 Å². The van der Waals surface area contributed by atoms with Crippen LogP contribution in [0.4, 0.5) is 0 Å². The van der Waals surface area contributed by atoms with E-state index >= 15 is 0 Å². The van der Waals surface area contributed by atoms with Crippen molar-refractivity contribution in [2.24, 2.45) is 5.73 Å². The first-order chi connectivity index (χ1) is 9.69. The van der Waals surface area contributed by atoms with Gasteiger partial charge in [-0.1, -0.05) is 6.92 Å². The lowest BCUT2D eigenvalue weighted by Gasteiger charge is -2.11. The van der Waals surface area contributed by atoms with Crippen LogP contribution in [0.25, 0.3) is 0 Å². The molecule has 0 heterocycles. The predicted octanol–water partition coefficient (Wildman–Crippen LogP) is 2.29. The van der Waals surface area contributed by atoms with Crippen molar-refractivity contribution >= 4 is 17.7 Å². The number of nitrogens with two attached hydrogens (primary N) is 1. The minimum absolute atomic E-state index is 0.118. The fourth-order valence-corrected chi connectivity index (χ4v) is 2.14. The molecule has 0 aliphatic heterocycles. The number of hydrogen-bond acceptors (Lipinski definition) is 5. The number of carbonyl (C=O) groups is 1. The molecule has 0 aromatic heterocycles. The molecule has 1 rings (SSSR count). The van der Waals surface area contributed by atoms with Crippen LogP contribution in [0.3, 0.4) is 0 Å². The molecule has 0 atom stereocenters. The smallest absolute Gasteiger partial charge is 0.252 e. The van der Waals surface area contributed by atoms with Crippen molar-refractivity contribution < 1.29 is 19.0 Å². The molecule has 0 saturated heterocycles. The Hall–Kier alpha value is -1.40. The monoisotopic (exact) mass is 299 g/mol. The molecule has 0 unspecified atom stereocenters. The van der Waals surface area contributed by atoms with Crippen LogP contribution in [0.15, 0.2) is 18.2 Å². The molecular weight excluding hydrogens is 278 g/mol. The highest BCUT2D eigenvalue weighted by Crippen LogP contribution is 2.24. The maximum Gasteiger partial charge on any atom is 0.252 e. The number of benzene rings is 1. The summed E-state index contributed by atoms with van der Waals surface area (Å²) in [5.74, 6) is 2.61. The van der Waals surface area contributed by atoms with Crippen molar-refractivity contribution in [3.63, 3.8) is 0 Å². The number of primary amides is 1. The molecule has 1 aromatic carbocycles. The van der Waals surface area contributed by atoms with Crippen LogP contribution in [-0.2, 0) is 4.74 Å². The average Bonchev–Trinajstić information content (AvgIpc) is 2.45. The number of methoxy groups -OCH3 is 1. The van der Waals surface area contributed by atoms with Crippen molar-refractivity contribution in [3.05, 3.63) is 23.8 Å². The number of amides is 1. The minimum atomic E-state index is -0.536. The van der Waals surface area contributed by atoms with Crippen LogP contribution in [0, 0.1) is 0 Å². The zero-order valence-corrected chi connectivity index (χ0v) is 12.7. The molecule has 0 radical (unpaired) electrons. The Balaban J connectivity index is 2.62. The molecule has 0 aliphatic carbocycles. The third kappa shape index (κ3) is 5.71. The molecular formula is C14H21NO4S. The van der Waals surface area contributed by atoms with Crippen molar-refractivity contribution in [3.8, 4) is 11.5 Å². The second-order valence-corrected chi connectivity index (χ2v) is 5.37. The topological polar surface area (TPSA) is 70.8 Å². The summed E-state index contributed by atoms with van der Waals surface area (Å²) in [7, 11) is 1.53. The third-order valence-electron chi connectivity index (χ3n) is 2.45. The van der Waals surface area contributed by atoms with Gasteiger partial charge in [0.25, 0.3) is 5.91 Å². The molecule has 5 nitrogen and oxygen atoms in total. The van der Waals surface area contributed by atoms with Gasteiger partial charge in [0.2, 0.25) is 0 Å². The number of carbonyl (C=O) groups excluding carboxylic acids is 1. The van der Waals surface area contributed by atoms with E-state index in [-0.39, 0.29) is 6.79 Å². The molecule has 0 aliphatic rings. The number of rotatable bonds is 10. The van der Waals surface area contributed by atoms with E-state index in [2.05, 4.69) is 6.92 Å². The van der Waals surface area contributed by atoms with Gasteiger partial charge in [0, 0.05) is 7.11 Å². The molecule has 0 bridgehead atoms. The van der Waals surface area contributed by atoms with Crippen LogP contribution < -0.4 is 15.2 Å². The molecule has 0 saturated carbocycles. The Kier molecular flexibility index (Phi) is 7.91. The Morgan fingerprint density at radius 2 is 2.15 bits per heavy atom. The predicted molar refractivity (Wildman–Crippen MR) is 80.6 cm³/mol. The van der Waals surface area contributed by atoms with Gasteiger partial charge in [-0.3, -0.25) is 4.79 Å². The quantitative estimate of drug-likeness (QED) is 0.530. The van der Waals surface area contributed by atoms with Gasteiger partial charge in [0.15, 0.2) is 6.79 Å². The highest BCUT2D eigenvalue weighted by atomic mass is 32.2. The highest BCUT2D eigenvalue weighted by Gasteiger charge is 2.11. The summed E-state index contributed by atoms with van der Waals surface area (Å²) in [6.45, 7) is 2.80. The SMILES string of the molecule is CCSCCCOc1ccc(OCOC)cc1C(N)=O. The summed E-state index contributed by atoms with van der Waals surface area (Å²) in [4.78, 5) is 11.4. The van der Waals surface area contributed by atoms with Crippen LogP contribution in [0.2, 0.25) is 0 Å². The first-order valence-corrected chi connectivity index (χ1v) is 7.60. The van der Waals surface area contributed by atoms with Crippen LogP contribution in [0.1, 0.15) is 23.7 Å². The van der Waals surface area contributed by atoms with Crippen molar-refractivity contribution in [1.29, 1.82) is 0 Å². The molecule has 6 heteroatoms. The summed E-state index contributed by atoms with van der Waals surface area (Å²) in [6, 6.07) is 4.98. The fraction of sp³-hybridized carbons (Fsp3) is 0.500. The Morgan fingerprint density at radius 3 is 2.80 bits per heavy atom. The molecule has 1 amide bonds. The van der Waals surface area contributed by atoms with Crippen molar-refractivity contribution in [1.82, 2.24) is 0 Å². The summed E-state index contributed by atoms with van der Waals surface area (Å²) >= 11 is 1.86. The summed E-state index contributed by atoms with van der Waals surface area (Å²) in [6.07, 6.45) is 0.929. The molecule has 20 heavy (non-hydrogen) atoms. The second kappa shape index (κ2) is 9.50. The number of ether oxygens (including phenoxy) is 3. The Bertz CT molecular complexity index is 426. The van der Waals surface area contributed by atoms with Crippen molar-refractivity contribution in [2.75, 3.05) is 32.0 Å². The lowest BCUT2D eigenvalue weighted by atomic mass is 10.2. The van der Waals surface area contributed by atoms with Crippen LogP contribution >= 0.6 is 11.8 Å². The van der Waals surface area contributed by atoms with E-state index in [0.29, 0.717) is 23.7 Å². The molecule has 0 spiro atoms. The van der Waals surface area contributed by atoms with Gasteiger partial charge < -0.3 is 19.9 Å². The van der Waals surface area contributed by atoms with E-state index in [0.717, 1.165) is 17.9 Å². The van der Waals surface area contributed by atoms with Gasteiger partial charge in [-0.25, -0.2) is 0 Å². The van der Waals surface area contributed by atoms with Crippen molar-refractivity contribution in [2.45, 2.75) is 13.3 Å². The van der Waals surface area contributed by atoms with E-state index in [1.807, 2.05) is 11.8 Å².